The highest BCUT2D eigenvalue weighted by atomic mass is 35.5. The Morgan fingerprint density at radius 3 is 2.62 bits per heavy atom. The molecule has 1 atom stereocenters. The van der Waals surface area contributed by atoms with Crippen LogP contribution in [0.1, 0.15) is 30.0 Å². The van der Waals surface area contributed by atoms with Crippen molar-refractivity contribution in [3.63, 3.8) is 0 Å². The lowest BCUT2D eigenvalue weighted by Gasteiger charge is -2.37. The lowest BCUT2D eigenvalue weighted by atomic mass is 9.94. The second-order valence-corrected chi connectivity index (χ2v) is 9.28. The van der Waals surface area contributed by atoms with Crippen LogP contribution >= 0.6 is 35.2 Å². The summed E-state index contributed by atoms with van der Waals surface area (Å²) < 4.78 is 5.77. The average Bonchev–Trinajstić information content (AvgIpc) is 3.46. The molecule has 0 bridgehead atoms. The zero-order chi connectivity index (χ0) is 22.2. The van der Waals surface area contributed by atoms with Gasteiger partial charge in [0.25, 0.3) is 5.89 Å². The Morgan fingerprint density at radius 1 is 1.09 bits per heavy atom. The fourth-order valence-corrected chi connectivity index (χ4v) is 4.99. The lowest BCUT2D eigenvalue weighted by Crippen LogP contribution is -2.46. The van der Waals surface area contributed by atoms with Gasteiger partial charge >= 0.3 is 0 Å². The summed E-state index contributed by atoms with van der Waals surface area (Å²) in [6, 6.07) is 19.7. The molecule has 0 saturated carbocycles. The molecule has 5 nitrogen and oxygen atoms in total. The molecular weight excluding hydrogens is 460 g/mol. The van der Waals surface area contributed by atoms with Crippen molar-refractivity contribution in [2.24, 2.45) is 0 Å². The number of aryl methyl sites for hydroxylation is 1. The van der Waals surface area contributed by atoms with Crippen LogP contribution in [0.3, 0.4) is 0 Å². The third-order valence-electron chi connectivity index (χ3n) is 5.36. The lowest BCUT2D eigenvalue weighted by molar-refractivity contribution is 0.404. The Hall–Kier alpha value is -3.00. The van der Waals surface area contributed by atoms with Gasteiger partial charge in [0.2, 0.25) is 5.82 Å². The topological polar surface area (TPSA) is 54.2 Å². The van der Waals surface area contributed by atoms with Gasteiger partial charge in [-0.3, -0.25) is 4.90 Å². The summed E-state index contributed by atoms with van der Waals surface area (Å²) in [5, 5.41) is 10.9. The second-order valence-electron chi connectivity index (χ2n) is 7.51. The van der Waals surface area contributed by atoms with E-state index in [1.54, 1.807) is 11.3 Å². The minimum atomic E-state index is -0.227. The van der Waals surface area contributed by atoms with E-state index in [1.807, 2.05) is 53.6 Å². The molecule has 1 aliphatic heterocycles. The molecule has 4 aromatic rings. The highest BCUT2D eigenvalue weighted by Gasteiger charge is 2.34. The number of hydrogen-bond donors (Lipinski definition) is 1. The molecule has 3 heterocycles. The van der Waals surface area contributed by atoms with Crippen molar-refractivity contribution >= 4 is 51.5 Å². The fraction of sp³-hybridized carbons (Fsp3) is 0.125. The van der Waals surface area contributed by atoms with E-state index in [2.05, 4.69) is 41.7 Å². The number of anilines is 1. The molecule has 0 fully saturated rings. The molecule has 0 spiro atoms. The quantitative estimate of drug-likeness (QED) is 0.332. The predicted octanol–water partition coefficient (Wildman–Crippen LogP) is 6.63. The first-order chi connectivity index (χ1) is 15.5. The highest BCUT2D eigenvalue weighted by molar-refractivity contribution is 7.80. The molecule has 1 aliphatic rings. The Bertz CT molecular complexity index is 1310. The van der Waals surface area contributed by atoms with Crippen molar-refractivity contribution in [3.05, 3.63) is 93.8 Å². The molecule has 0 amide bonds. The number of halogens is 1. The van der Waals surface area contributed by atoms with Gasteiger partial charge in [-0.25, -0.2) is 0 Å². The number of benzene rings is 2. The van der Waals surface area contributed by atoms with Gasteiger partial charge in [0, 0.05) is 16.4 Å². The van der Waals surface area contributed by atoms with Crippen LogP contribution in [-0.2, 0) is 0 Å². The summed E-state index contributed by atoms with van der Waals surface area (Å²) in [6.07, 6.45) is 0. The number of rotatable bonds is 4. The second kappa shape index (κ2) is 8.50. The van der Waals surface area contributed by atoms with Crippen molar-refractivity contribution < 1.29 is 4.52 Å². The van der Waals surface area contributed by atoms with E-state index < -0.39 is 0 Å². The zero-order valence-corrected chi connectivity index (χ0v) is 19.8. The van der Waals surface area contributed by atoms with Gasteiger partial charge < -0.3 is 9.84 Å². The molecule has 0 radical (unpaired) electrons. The van der Waals surface area contributed by atoms with Crippen molar-refractivity contribution in [1.82, 2.24) is 15.5 Å². The summed E-state index contributed by atoms with van der Waals surface area (Å²) in [4.78, 5) is 7.64. The molecule has 1 N–H and O–H groups in total. The van der Waals surface area contributed by atoms with Gasteiger partial charge in [-0.2, -0.15) is 4.98 Å². The van der Waals surface area contributed by atoms with Gasteiger partial charge in [0.05, 0.1) is 16.5 Å². The molecule has 2 aromatic carbocycles. The van der Waals surface area contributed by atoms with Gasteiger partial charge in [-0.05, 0) is 61.3 Å². The number of aromatic nitrogens is 2. The van der Waals surface area contributed by atoms with Crippen molar-refractivity contribution in [3.8, 4) is 10.7 Å². The SMILES string of the molecule is CC1=C(c2nc(-c3cccs3)no2)C(c2ccc(C)cc2)NC(=S)N1c1cccc(Cl)c1. The van der Waals surface area contributed by atoms with E-state index >= 15 is 0 Å². The Labute approximate surface area is 200 Å². The smallest absolute Gasteiger partial charge is 0.258 e. The summed E-state index contributed by atoms with van der Waals surface area (Å²) in [6.45, 7) is 4.08. The number of allylic oxidation sites excluding steroid dienone is 1. The van der Waals surface area contributed by atoms with Crippen LogP contribution in [0.15, 0.2) is 76.3 Å². The van der Waals surface area contributed by atoms with E-state index in [-0.39, 0.29) is 6.04 Å². The molecule has 160 valence electrons. The van der Waals surface area contributed by atoms with Gasteiger partial charge in [-0.15, -0.1) is 11.3 Å². The van der Waals surface area contributed by atoms with Crippen LogP contribution in [0.5, 0.6) is 0 Å². The molecule has 5 rings (SSSR count). The van der Waals surface area contributed by atoms with Gasteiger partial charge in [0.1, 0.15) is 0 Å². The number of hydrogen-bond acceptors (Lipinski definition) is 5. The minimum Gasteiger partial charge on any atom is -0.351 e. The monoisotopic (exact) mass is 478 g/mol. The standard InChI is InChI=1S/C24H19ClN4OS2/c1-14-8-10-16(11-9-14)21-20(23-27-22(28-30-23)19-7-4-12-32-19)15(2)29(24(31)26-21)18-6-3-5-17(25)13-18/h3-13,21H,1-2H3,(H,26,31). The first kappa shape index (κ1) is 20.9. The van der Waals surface area contributed by atoms with Crippen molar-refractivity contribution in [2.75, 3.05) is 4.90 Å². The van der Waals surface area contributed by atoms with E-state index in [4.69, 9.17) is 33.3 Å². The molecule has 0 aliphatic carbocycles. The van der Waals surface area contributed by atoms with Crippen LogP contribution in [0.25, 0.3) is 16.3 Å². The summed E-state index contributed by atoms with van der Waals surface area (Å²) >= 11 is 13.6. The summed E-state index contributed by atoms with van der Waals surface area (Å²) in [5.74, 6) is 1.03. The molecule has 0 saturated heterocycles. The number of thiophene rings is 1. The van der Waals surface area contributed by atoms with Crippen LogP contribution < -0.4 is 10.2 Å². The highest BCUT2D eigenvalue weighted by Crippen LogP contribution is 2.39. The third kappa shape index (κ3) is 3.83. The van der Waals surface area contributed by atoms with Crippen molar-refractivity contribution in [1.29, 1.82) is 0 Å². The largest absolute Gasteiger partial charge is 0.351 e. The maximum atomic E-state index is 6.27. The van der Waals surface area contributed by atoms with Crippen LogP contribution in [0.4, 0.5) is 5.69 Å². The van der Waals surface area contributed by atoms with E-state index in [9.17, 15) is 0 Å². The Kier molecular flexibility index (Phi) is 5.55. The first-order valence-electron chi connectivity index (χ1n) is 10.0. The number of nitrogens with zero attached hydrogens (tertiary/aromatic N) is 3. The minimum absolute atomic E-state index is 0.227. The first-order valence-corrected chi connectivity index (χ1v) is 11.7. The third-order valence-corrected chi connectivity index (χ3v) is 6.76. The maximum absolute atomic E-state index is 6.27. The number of thiocarbonyl (C=S) groups is 1. The van der Waals surface area contributed by atoms with Gasteiger partial charge in [0.15, 0.2) is 5.11 Å². The summed E-state index contributed by atoms with van der Waals surface area (Å²) in [7, 11) is 0. The fourth-order valence-electron chi connectivity index (χ4n) is 3.79. The normalized spacial score (nSPS) is 16.4. The molecular formula is C24H19ClN4OS2. The van der Waals surface area contributed by atoms with E-state index in [0.717, 1.165) is 27.4 Å². The Balaban J connectivity index is 1.67. The summed E-state index contributed by atoms with van der Waals surface area (Å²) in [5.41, 5.74) is 4.90. The average molecular weight is 479 g/mol. The van der Waals surface area contributed by atoms with Crippen molar-refractivity contribution in [2.45, 2.75) is 19.9 Å². The maximum Gasteiger partial charge on any atom is 0.258 e. The van der Waals surface area contributed by atoms with Crippen LogP contribution in [0, 0.1) is 6.92 Å². The van der Waals surface area contributed by atoms with Crippen LogP contribution in [0.2, 0.25) is 5.02 Å². The molecule has 1 unspecified atom stereocenters. The molecule has 32 heavy (non-hydrogen) atoms. The zero-order valence-electron chi connectivity index (χ0n) is 17.4. The van der Waals surface area contributed by atoms with Crippen LogP contribution in [-0.4, -0.2) is 15.3 Å². The molecule has 2 aromatic heterocycles. The number of nitrogens with one attached hydrogen (secondary N) is 1. The van der Waals surface area contributed by atoms with E-state index in [1.165, 1.54) is 5.56 Å². The van der Waals surface area contributed by atoms with E-state index in [0.29, 0.717) is 21.9 Å². The van der Waals surface area contributed by atoms with Gasteiger partial charge in [-0.1, -0.05) is 58.7 Å². The Morgan fingerprint density at radius 2 is 1.91 bits per heavy atom. The predicted molar refractivity (Wildman–Crippen MR) is 134 cm³/mol. The molecule has 8 heteroatoms.